The smallest absolute Gasteiger partial charge is 0.339 e. The predicted octanol–water partition coefficient (Wildman–Crippen LogP) is 1.13. The minimum absolute atomic E-state index is 0.0303. The highest BCUT2D eigenvalue weighted by Crippen LogP contribution is 2.18. The number of aromatic amines is 1. The topological polar surface area (TPSA) is 84.4 Å². The van der Waals surface area contributed by atoms with Crippen LogP contribution in [-0.2, 0) is 9.47 Å². The van der Waals surface area contributed by atoms with Gasteiger partial charge in [-0.2, -0.15) is 0 Å². The van der Waals surface area contributed by atoms with Crippen molar-refractivity contribution in [2.45, 2.75) is 6.29 Å². The van der Waals surface area contributed by atoms with Crippen LogP contribution in [0.4, 0.5) is 0 Å². The summed E-state index contributed by atoms with van der Waals surface area (Å²) in [6, 6.07) is 0. The molecule has 7 heteroatoms. The first-order chi connectivity index (χ1) is 7.10. The van der Waals surface area contributed by atoms with Crippen molar-refractivity contribution in [3.63, 3.8) is 0 Å². The van der Waals surface area contributed by atoms with E-state index in [1.807, 2.05) is 0 Å². The van der Waals surface area contributed by atoms with E-state index in [-0.39, 0.29) is 16.0 Å². The van der Waals surface area contributed by atoms with E-state index in [0.717, 1.165) is 0 Å². The highest BCUT2D eigenvalue weighted by atomic mass is 32.1. The molecule has 1 aromatic heterocycles. The Morgan fingerprint density at radius 1 is 1.60 bits per heavy atom. The number of hydrogen-bond donors (Lipinski definition) is 2. The van der Waals surface area contributed by atoms with E-state index >= 15 is 0 Å². The molecule has 0 aliphatic carbocycles. The zero-order chi connectivity index (χ0) is 11.4. The van der Waals surface area contributed by atoms with Gasteiger partial charge in [-0.25, -0.2) is 9.78 Å². The van der Waals surface area contributed by atoms with Crippen molar-refractivity contribution < 1.29 is 19.4 Å². The molecule has 6 nitrogen and oxygen atoms in total. The third-order valence-corrected chi connectivity index (χ3v) is 1.94. The fourth-order valence-electron chi connectivity index (χ4n) is 1.10. The summed E-state index contributed by atoms with van der Waals surface area (Å²) in [5, 5.41) is 8.89. The van der Waals surface area contributed by atoms with Gasteiger partial charge < -0.3 is 19.6 Å². The molecule has 0 saturated heterocycles. The molecule has 15 heavy (non-hydrogen) atoms. The van der Waals surface area contributed by atoms with Crippen molar-refractivity contribution in [2.24, 2.45) is 0 Å². The molecule has 1 heterocycles. The summed E-state index contributed by atoms with van der Waals surface area (Å²) >= 11 is 4.79. The van der Waals surface area contributed by atoms with Gasteiger partial charge in [-0.15, -0.1) is 0 Å². The summed E-state index contributed by atoms with van der Waals surface area (Å²) in [4.78, 5) is 17.2. The maximum Gasteiger partial charge on any atom is 0.339 e. The number of rotatable bonds is 4. The van der Waals surface area contributed by atoms with Crippen LogP contribution in [0.15, 0.2) is 6.20 Å². The van der Waals surface area contributed by atoms with Gasteiger partial charge in [0.1, 0.15) is 5.56 Å². The van der Waals surface area contributed by atoms with E-state index in [2.05, 4.69) is 9.97 Å². The monoisotopic (exact) mass is 230 g/mol. The molecule has 0 bridgehead atoms. The van der Waals surface area contributed by atoms with Gasteiger partial charge in [0.05, 0.1) is 5.69 Å². The first-order valence-corrected chi connectivity index (χ1v) is 4.39. The summed E-state index contributed by atoms with van der Waals surface area (Å²) in [7, 11) is 2.80. The fraction of sp³-hybridized carbons (Fsp3) is 0.375. The van der Waals surface area contributed by atoms with Crippen molar-refractivity contribution in [3.05, 3.63) is 22.2 Å². The van der Waals surface area contributed by atoms with Gasteiger partial charge in [-0.3, -0.25) is 0 Å². The van der Waals surface area contributed by atoms with E-state index in [4.69, 9.17) is 26.8 Å². The molecule has 0 radical (unpaired) electrons. The molecule has 1 rings (SSSR count). The van der Waals surface area contributed by atoms with Crippen molar-refractivity contribution in [2.75, 3.05) is 14.2 Å². The summed E-state index contributed by atoms with van der Waals surface area (Å²) in [6.45, 7) is 0. The molecule has 1 aromatic rings. The van der Waals surface area contributed by atoms with Gasteiger partial charge in [0.15, 0.2) is 11.1 Å². The Balaban J connectivity index is 3.29. The van der Waals surface area contributed by atoms with Crippen molar-refractivity contribution >= 4 is 18.2 Å². The number of aromatic carboxylic acids is 1. The highest BCUT2D eigenvalue weighted by molar-refractivity contribution is 7.71. The number of carboxylic acids is 1. The number of carboxylic acid groups (broad SMARTS) is 1. The van der Waals surface area contributed by atoms with Gasteiger partial charge in [0.25, 0.3) is 0 Å². The number of methoxy groups -OCH3 is 2. The maximum absolute atomic E-state index is 10.9. The number of nitrogens with zero attached hydrogens (tertiary/aromatic N) is 1. The second-order valence-corrected chi connectivity index (χ2v) is 3.01. The molecule has 0 aromatic carbocycles. The lowest BCUT2D eigenvalue weighted by Gasteiger charge is -2.14. The van der Waals surface area contributed by atoms with Gasteiger partial charge in [0.2, 0.25) is 0 Å². The molecule has 82 valence electrons. The molecule has 2 N–H and O–H groups in total. The lowest BCUT2D eigenvalue weighted by atomic mass is 10.2. The minimum atomic E-state index is -1.12. The van der Waals surface area contributed by atoms with Crippen LogP contribution in [0, 0.1) is 4.77 Å². The number of aromatic nitrogens is 2. The Morgan fingerprint density at radius 2 is 2.20 bits per heavy atom. The molecule has 0 spiro atoms. The van der Waals surface area contributed by atoms with Crippen LogP contribution in [0.1, 0.15) is 22.3 Å². The quantitative estimate of drug-likeness (QED) is 0.595. The number of nitrogens with one attached hydrogen (secondary N) is 1. The number of H-pyrrole nitrogens is 1. The second kappa shape index (κ2) is 4.96. The van der Waals surface area contributed by atoms with Crippen LogP contribution in [0.25, 0.3) is 0 Å². The lowest BCUT2D eigenvalue weighted by Crippen LogP contribution is -2.13. The lowest BCUT2D eigenvalue weighted by molar-refractivity contribution is -0.109. The zero-order valence-corrected chi connectivity index (χ0v) is 9.00. The Kier molecular flexibility index (Phi) is 3.89. The molecular formula is C8H10N2O4S. The van der Waals surface area contributed by atoms with Gasteiger partial charge in [0, 0.05) is 20.4 Å². The average Bonchev–Trinajstić information content (AvgIpc) is 2.19. The maximum atomic E-state index is 10.9. The van der Waals surface area contributed by atoms with Crippen LogP contribution in [0.5, 0.6) is 0 Å². The van der Waals surface area contributed by atoms with Crippen molar-refractivity contribution in [1.82, 2.24) is 9.97 Å². The van der Waals surface area contributed by atoms with Crippen LogP contribution in [0.2, 0.25) is 0 Å². The molecule has 0 amide bonds. The summed E-state index contributed by atoms with van der Waals surface area (Å²) < 4.78 is 10.1. The van der Waals surface area contributed by atoms with Crippen LogP contribution in [0.3, 0.4) is 0 Å². The van der Waals surface area contributed by atoms with Crippen molar-refractivity contribution in [1.29, 1.82) is 0 Å². The van der Waals surface area contributed by atoms with Crippen molar-refractivity contribution in [3.8, 4) is 0 Å². The molecule has 0 unspecified atom stereocenters. The van der Waals surface area contributed by atoms with E-state index in [1.54, 1.807) is 0 Å². The molecule has 0 atom stereocenters. The highest BCUT2D eigenvalue weighted by Gasteiger charge is 2.19. The van der Waals surface area contributed by atoms with Crippen LogP contribution >= 0.6 is 12.2 Å². The summed E-state index contributed by atoms with van der Waals surface area (Å²) in [6.07, 6.45) is 0.363. The Bertz CT molecular complexity index is 413. The van der Waals surface area contributed by atoms with E-state index < -0.39 is 12.3 Å². The summed E-state index contributed by atoms with van der Waals surface area (Å²) in [5.74, 6) is -1.12. The SMILES string of the molecule is COC(OC)c1[nH]c(=S)ncc1C(=O)O. The molecular weight excluding hydrogens is 220 g/mol. The molecule has 0 aliphatic heterocycles. The zero-order valence-electron chi connectivity index (χ0n) is 8.18. The van der Waals surface area contributed by atoms with Gasteiger partial charge in [-0.05, 0) is 12.2 Å². The third-order valence-electron chi connectivity index (χ3n) is 1.74. The largest absolute Gasteiger partial charge is 0.478 e. The molecule has 0 fully saturated rings. The normalized spacial score (nSPS) is 10.6. The van der Waals surface area contributed by atoms with E-state index in [1.165, 1.54) is 20.4 Å². The number of carbonyl (C=O) groups is 1. The minimum Gasteiger partial charge on any atom is -0.478 e. The average molecular weight is 230 g/mol. The van der Waals surface area contributed by atoms with Crippen LogP contribution in [-0.4, -0.2) is 35.3 Å². The van der Waals surface area contributed by atoms with Gasteiger partial charge in [-0.1, -0.05) is 0 Å². The first kappa shape index (κ1) is 11.8. The fourth-order valence-corrected chi connectivity index (χ4v) is 1.26. The molecule has 0 saturated carbocycles. The second-order valence-electron chi connectivity index (χ2n) is 2.62. The van der Waals surface area contributed by atoms with E-state index in [9.17, 15) is 4.79 Å². The number of hydrogen-bond acceptors (Lipinski definition) is 5. The Morgan fingerprint density at radius 3 is 2.67 bits per heavy atom. The third kappa shape index (κ3) is 2.58. The predicted molar refractivity (Wildman–Crippen MR) is 53.1 cm³/mol. The Hall–Kier alpha value is -1.31. The first-order valence-electron chi connectivity index (χ1n) is 3.98. The standard InChI is InChI=1S/C8H10N2O4S/c1-13-7(14-2)5-4(6(11)12)3-9-8(15)10-5/h3,7H,1-2H3,(H,11,12)(H,9,10,15). The van der Waals surface area contributed by atoms with Crippen LogP contribution < -0.4 is 0 Å². The Labute approximate surface area is 90.9 Å². The van der Waals surface area contributed by atoms with Gasteiger partial charge >= 0.3 is 5.97 Å². The van der Waals surface area contributed by atoms with E-state index in [0.29, 0.717) is 0 Å². The summed E-state index contributed by atoms with van der Waals surface area (Å²) in [5.41, 5.74) is 0.213. The molecule has 0 aliphatic rings. The number of ether oxygens (including phenoxy) is 2.